The Bertz CT molecular complexity index is 544. The second kappa shape index (κ2) is 5.89. The molecule has 1 fully saturated rings. The summed E-state index contributed by atoms with van der Waals surface area (Å²) in [4.78, 5) is 25.1. The maximum Gasteiger partial charge on any atom is 0.339 e. The van der Waals surface area contributed by atoms with Crippen LogP contribution in [0.15, 0.2) is 10.5 Å². The van der Waals surface area contributed by atoms with E-state index in [2.05, 4.69) is 0 Å². The number of hydrogen-bond acceptors (Lipinski definition) is 4. The molecule has 0 aliphatic heterocycles. The summed E-state index contributed by atoms with van der Waals surface area (Å²) in [6.45, 7) is 2.29. The van der Waals surface area contributed by atoms with Gasteiger partial charge in [-0.15, -0.1) is 0 Å². The third-order valence-corrected chi connectivity index (χ3v) is 4.12. The normalized spacial score (nSPS) is 16.3. The van der Waals surface area contributed by atoms with Crippen molar-refractivity contribution < 1.29 is 23.8 Å². The summed E-state index contributed by atoms with van der Waals surface area (Å²) < 4.78 is 10.6. The molecule has 0 radical (unpaired) electrons. The number of aromatic carboxylic acids is 1. The van der Waals surface area contributed by atoms with Gasteiger partial charge in [-0.3, -0.25) is 4.79 Å². The number of nitrogens with zero attached hydrogens (tertiary/aromatic N) is 1. The van der Waals surface area contributed by atoms with Crippen LogP contribution in [0.3, 0.4) is 0 Å². The summed E-state index contributed by atoms with van der Waals surface area (Å²) in [6.07, 6.45) is 2.70. The summed E-state index contributed by atoms with van der Waals surface area (Å²) in [7, 11) is 3.30. The third-order valence-electron chi connectivity index (χ3n) is 4.12. The van der Waals surface area contributed by atoms with Gasteiger partial charge in [0, 0.05) is 14.2 Å². The number of hydrogen-bond donors (Lipinski definition) is 1. The molecule has 1 saturated carbocycles. The fraction of sp³-hybridized carbons (Fsp3) is 0.600. The highest BCUT2D eigenvalue weighted by molar-refractivity contribution is 5.89. The van der Waals surface area contributed by atoms with E-state index in [1.807, 2.05) is 0 Å². The monoisotopic (exact) mass is 295 g/mol. The Balaban J connectivity index is 2.07. The van der Waals surface area contributed by atoms with Gasteiger partial charge in [-0.1, -0.05) is 6.42 Å². The maximum absolute atomic E-state index is 12.6. The van der Waals surface area contributed by atoms with Crippen molar-refractivity contribution in [1.29, 1.82) is 0 Å². The number of carbonyl (C=O) groups is 2. The van der Waals surface area contributed by atoms with Gasteiger partial charge in [0.2, 0.25) is 5.91 Å². The van der Waals surface area contributed by atoms with Crippen molar-refractivity contribution in [3.05, 3.63) is 23.2 Å². The number of furan rings is 1. The van der Waals surface area contributed by atoms with Gasteiger partial charge in [0.25, 0.3) is 0 Å². The van der Waals surface area contributed by atoms with Crippen LogP contribution in [0, 0.1) is 12.3 Å². The Morgan fingerprint density at radius 2 is 2.14 bits per heavy atom. The molecule has 1 heterocycles. The van der Waals surface area contributed by atoms with E-state index in [1.54, 1.807) is 26.0 Å². The van der Waals surface area contributed by atoms with E-state index < -0.39 is 11.4 Å². The molecular formula is C15H21NO5. The molecule has 2 rings (SSSR count). The Labute approximate surface area is 123 Å². The molecule has 1 aliphatic carbocycles. The van der Waals surface area contributed by atoms with E-state index in [1.165, 1.54) is 6.07 Å². The molecule has 0 bridgehead atoms. The zero-order chi connectivity index (χ0) is 15.6. The van der Waals surface area contributed by atoms with Gasteiger partial charge in [0.15, 0.2) is 0 Å². The second-order valence-electron chi connectivity index (χ2n) is 5.72. The summed E-state index contributed by atoms with van der Waals surface area (Å²) in [5, 5.41) is 9.01. The van der Waals surface area contributed by atoms with Crippen LogP contribution < -0.4 is 0 Å². The lowest BCUT2D eigenvalue weighted by Gasteiger charge is -2.41. The van der Waals surface area contributed by atoms with Crippen LogP contribution in [0.4, 0.5) is 0 Å². The number of carbonyl (C=O) groups excluding carboxylic acids is 1. The van der Waals surface area contributed by atoms with E-state index in [0.29, 0.717) is 18.1 Å². The van der Waals surface area contributed by atoms with Crippen molar-refractivity contribution in [2.24, 2.45) is 5.41 Å². The second-order valence-corrected chi connectivity index (χ2v) is 5.72. The van der Waals surface area contributed by atoms with Gasteiger partial charge in [-0.05, 0) is 25.8 Å². The van der Waals surface area contributed by atoms with E-state index >= 15 is 0 Å². The van der Waals surface area contributed by atoms with Crippen LogP contribution in [0.25, 0.3) is 0 Å². The van der Waals surface area contributed by atoms with Crippen molar-refractivity contribution in [1.82, 2.24) is 4.90 Å². The first-order chi connectivity index (χ1) is 9.89. The smallest absolute Gasteiger partial charge is 0.339 e. The molecule has 6 nitrogen and oxygen atoms in total. The average Bonchev–Trinajstić information content (AvgIpc) is 2.74. The standard InChI is InChI=1S/C15H21NO5/c1-10-12(13(17)18)7-11(21-10)8-16(2)14(19)15(9-20-3)5-4-6-15/h7H,4-6,8-9H2,1-3H3,(H,17,18). The minimum absolute atomic E-state index is 0.0292. The molecule has 0 aromatic carbocycles. The summed E-state index contributed by atoms with van der Waals surface area (Å²) >= 11 is 0. The molecule has 1 aliphatic rings. The minimum Gasteiger partial charge on any atom is -0.478 e. The van der Waals surface area contributed by atoms with Crippen LogP contribution >= 0.6 is 0 Å². The largest absolute Gasteiger partial charge is 0.478 e. The van der Waals surface area contributed by atoms with E-state index in [-0.39, 0.29) is 18.0 Å². The van der Waals surface area contributed by atoms with Crippen molar-refractivity contribution in [3.63, 3.8) is 0 Å². The van der Waals surface area contributed by atoms with Crippen molar-refractivity contribution in [2.45, 2.75) is 32.7 Å². The number of carboxylic acid groups (broad SMARTS) is 1. The summed E-state index contributed by atoms with van der Waals surface area (Å²) in [5.74, 6) is -0.158. The van der Waals surface area contributed by atoms with Gasteiger partial charge in [-0.2, -0.15) is 0 Å². The maximum atomic E-state index is 12.6. The van der Waals surface area contributed by atoms with Gasteiger partial charge >= 0.3 is 5.97 Å². The van der Waals surface area contributed by atoms with Crippen LogP contribution in [0.1, 0.15) is 41.1 Å². The summed E-state index contributed by atoms with van der Waals surface area (Å²) in [6, 6.07) is 1.48. The predicted octanol–water partition coefficient (Wildman–Crippen LogP) is 2.06. The average molecular weight is 295 g/mol. The quantitative estimate of drug-likeness (QED) is 0.869. The molecular weight excluding hydrogens is 274 g/mol. The minimum atomic E-state index is -1.02. The number of aryl methyl sites for hydroxylation is 1. The Hall–Kier alpha value is -1.82. The van der Waals surface area contributed by atoms with Gasteiger partial charge in [-0.25, -0.2) is 4.79 Å². The highest BCUT2D eigenvalue weighted by atomic mass is 16.5. The first-order valence-electron chi connectivity index (χ1n) is 6.97. The van der Waals surface area contributed by atoms with E-state index in [4.69, 9.17) is 14.3 Å². The molecule has 1 aromatic rings. The van der Waals surface area contributed by atoms with Gasteiger partial charge < -0.3 is 19.2 Å². The topological polar surface area (TPSA) is 80.0 Å². The molecule has 0 spiro atoms. The molecule has 0 saturated heterocycles. The predicted molar refractivity (Wildman–Crippen MR) is 75.0 cm³/mol. The first kappa shape index (κ1) is 15.6. The lowest BCUT2D eigenvalue weighted by atomic mass is 9.68. The lowest BCUT2D eigenvalue weighted by molar-refractivity contribution is -0.151. The zero-order valence-electron chi connectivity index (χ0n) is 12.6. The fourth-order valence-corrected chi connectivity index (χ4v) is 2.84. The van der Waals surface area contributed by atoms with Gasteiger partial charge in [0.05, 0.1) is 18.6 Å². The number of ether oxygens (including phenoxy) is 1. The van der Waals surface area contributed by atoms with Crippen molar-refractivity contribution >= 4 is 11.9 Å². The highest BCUT2D eigenvalue weighted by Crippen LogP contribution is 2.42. The van der Waals surface area contributed by atoms with Crippen molar-refractivity contribution in [3.8, 4) is 0 Å². The molecule has 0 atom stereocenters. The van der Waals surface area contributed by atoms with Crippen LogP contribution in [0.5, 0.6) is 0 Å². The van der Waals surface area contributed by atoms with Crippen molar-refractivity contribution in [2.75, 3.05) is 20.8 Å². The SMILES string of the molecule is COCC1(C(=O)N(C)Cc2cc(C(=O)O)c(C)o2)CCC1. The van der Waals surface area contributed by atoms with Gasteiger partial charge in [0.1, 0.15) is 17.1 Å². The molecule has 116 valence electrons. The Morgan fingerprint density at radius 1 is 1.48 bits per heavy atom. The molecule has 1 N–H and O–H groups in total. The molecule has 0 unspecified atom stereocenters. The summed E-state index contributed by atoms with van der Waals surface area (Å²) in [5.41, 5.74) is -0.276. The molecule has 1 aromatic heterocycles. The van der Waals surface area contributed by atoms with Crippen LogP contribution in [0.2, 0.25) is 0 Å². The Morgan fingerprint density at radius 3 is 2.57 bits per heavy atom. The first-order valence-corrected chi connectivity index (χ1v) is 6.97. The number of amides is 1. The van der Waals surface area contributed by atoms with E-state index in [9.17, 15) is 9.59 Å². The van der Waals surface area contributed by atoms with Crippen LogP contribution in [-0.4, -0.2) is 42.6 Å². The fourth-order valence-electron chi connectivity index (χ4n) is 2.84. The van der Waals surface area contributed by atoms with Crippen LogP contribution in [-0.2, 0) is 16.1 Å². The lowest BCUT2D eigenvalue weighted by Crippen LogP contribution is -2.48. The number of methoxy groups -OCH3 is 1. The molecule has 21 heavy (non-hydrogen) atoms. The highest BCUT2D eigenvalue weighted by Gasteiger charge is 2.45. The van der Waals surface area contributed by atoms with E-state index in [0.717, 1.165) is 19.3 Å². The molecule has 1 amide bonds. The zero-order valence-corrected chi connectivity index (χ0v) is 12.6. The number of carboxylic acids is 1. The number of rotatable bonds is 6. The third kappa shape index (κ3) is 2.95. The Kier molecular flexibility index (Phi) is 4.37. The molecule has 6 heteroatoms.